The molecule has 0 bridgehead atoms. The molecular formula is C15H22BrNO3. The Hall–Kier alpha value is -1.07. The lowest BCUT2D eigenvalue weighted by Crippen LogP contribution is -2.32. The first-order chi connectivity index (χ1) is 9.40. The third kappa shape index (κ3) is 4.80. The summed E-state index contributed by atoms with van der Waals surface area (Å²) in [7, 11) is 1.39. The number of methoxy groups -OCH3 is 1. The van der Waals surface area contributed by atoms with Crippen molar-refractivity contribution in [3.63, 3.8) is 0 Å². The van der Waals surface area contributed by atoms with Crippen molar-refractivity contribution < 1.29 is 14.3 Å². The van der Waals surface area contributed by atoms with E-state index < -0.39 is 5.41 Å². The van der Waals surface area contributed by atoms with E-state index in [1.165, 1.54) is 7.11 Å². The molecule has 0 radical (unpaired) electrons. The van der Waals surface area contributed by atoms with Gasteiger partial charge < -0.3 is 14.8 Å². The molecular weight excluding hydrogens is 322 g/mol. The molecule has 1 aromatic carbocycles. The first kappa shape index (κ1) is 17.0. The molecule has 0 atom stereocenters. The van der Waals surface area contributed by atoms with Gasteiger partial charge in [0.25, 0.3) is 0 Å². The molecule has 0 saturated heterocycles. The Kier molecular flexibility index (Phi) is 6.49. The van der Waals surface area contributed by atoms with Crippen molar-refractivity contribution in [2.24, 2.45) is 5.41 Å². The minimum absolute atomic E-state index is 0.275. The number of esters is 1. The molecule has 112 valence electrons. The first-order valence-electron chi connectivity index (χ1n) is 6.61. The van der Waals surface area contributed by atoms with Crippen molar-refractivity contribution in [2.75, 3.05) is 20.3 Å². The molecule has 0 spiro atoms. The maximum absolute atomic E-state index is 11.6. The highest BCUT2D eigenvalue weighted by atomic mass is 79.9. The third-order valence-corrected chi connectivity index (χ3v) is 3.41. The van der Waals surface area contributed by atoms with Crippen LogP contribution < -0.4 is 10.1 Å². The average molecular weight is 344 g/mol. The van der Waals surface area contributed by atoms with Crippen LogP contribution in [-0.4, -0.2) is 26.2 Å². The van der Waals surface area contributed by atoms with Crippen LogP contribution in [0, 0.1) is 5.41 Å². The maximum atomic E-state index is 11.6. The summed E-state index contributed by atoms with van der Waals surface area (Å²) < 4.78 is 11.6. The van der Waals surface area contributed by atoms with Crippen LogP contribution >= 0.6 is 15.9 Å². The minimum Gasteiger partial charge on any atom is -0.492 e. The van der Waals surface area contributed by atoms with E-state index in [1.54, 1.807) is 0 Å². The molecule has 0 aromatic heterocycles. The van der Waals surface area contributed by atoms with Crippen LogP contribution in [0.2, 0.25) is 0 Å². The smallest absolute Gasteiger partial charge is 0.314 e. The summed E-state index contributed by atoms with van der Waals surface area (Å²) in [4.78, 5) is 11.6. The molecule has 1 rings (SSSR count). The molecule has 0 aliphatic rings. The molecule has 0 unspecified atom stereocenters. The van der Waals surface area contributed by atoms with Crippen LogP contribution in [0.1, 0.15) is 26.3 Å². The maximum Gasteiger partial charge on any atom is 0.314 e. The van der Waals surface area contributed by atoms with Crippen molar-refractivity contribution in [3.8, 4) is 5.75 Å². The van der Waals surface area contributed by atoms with Gasteiger partial charge in [-0.15, -0.1) is 0 Å². The van der Waals surface area contributed by atoms with E-state index in [0.29, 0.717) is 0 Å². The second-order valence-electron chi connectivity index (χ2n) is 5.20. The standard InChI is InChI=1S/C15H22BrNO3/c1-5-17-9-11-8-12(16)6-7-13(11)20-10-15(2,3)14(18)19-4/h6-8,17H,5,9-10H2,1-4H3. The number of ether oxygens (including phenoxy) is 2. The number of carbonyl (C=O) groups is 1. The Labute approximate surface area is 129 Å². The number of hydrogen-bond acceptors (Lipinski definition) is 4. The van der Waals surface area contributed by atoms with Gasteiger partial charge >= 0.3 is 5.97 Å². The summed E-state index contributed by atoms with van der Waals surface area (Å²) in [6.07, 6.45) is 0. The Morgan fingerprint density at radius 3 is 2.70 bits per heavy atom. The van der Waals surface area contributed by atoms with Gasteiger partial charge in [-0.2, -0.15) is 0 Å². The Morgan fingerprint density at radius 2 is 2.10 bits per heavy atom. The van der Waals surface area contributed by atoms with E-state index in [2.05, 4.69) is 28.2 Å². The molecule has 0 heterocycles. The summed E-state index contributed by atoms with van der Waals surface area (Å²) in [5, 5.41) is 3.27. The van der Waals surface area contributed by atoms with Crippen molar-refractivity contribution in [1.29, 1.82) is 0 Å². The van der Waals surface area contributed by atoms with Crippen molar-refractivity contribution >= 4 is 21.9 Å². The zero-order valence-corrected chi connectivity index (χ0v) is 14.0. The monoisotopic (exact) mass is 343 g/mol. The van der Waals surface area contributed by atoms with E-state index in [-0.39, 0.29) is 12.6 Å². The third-order valence-electron chi connectivity index (χ3n) is 2.91. The van der Waals surface area contributed by atoms with Gasteiger partial charge in [0.15, 0.2) is 0 Å². The second-order valence-corrected chi connectivity index (χ2v) is 6.11. The second kappa shape index (κ2) is 7.64. The van der Waals surface area contributed by atoms with Crippen molar-refractivity contribution in [2.45, 2.75) is 27.3 Å². The van der Waals surface area contributed by atoms with Crippen LogP contribution in [0.25, 0.3) is 0 Å². The Morgan fingerprint density at radius 1 is 1.40 bits per heavy atom. The predicted octanol–water partition coefficient (Wildman–Crippen LogP) is 3.14. The number of halogens is 1. The van der Waals surface area contributed by atoms with Gasteiger partial charge in [-0.1, -0.05) is 22.9 Å². The van der Waals surface area contributed by atoms with E-state index in [0.717, 1.165) is 28.9 Å². The summed E-state index contributed by atoms with van der Waals surface area (Å²) in [6, 6.07) is 5.85. The molecule has 5 heteroatoms. The zero-order chi connectivity index (χ0) is 15.2. The average Bonchev–Trinajstić information content (AvgIpc) is 2.43. The lowest BCUT2D eigenvalue weighted by molar-refractivity contribution is -0.152. The zero-order valence-electron chi connectivity index (χ0n) is 12.5. The van der Waals surface area contributed by atoms with Gasteiger partial charge in [0.2, 0.25) is 0 Å². The molecule has 0 aliphatic carbocycles. The summed E-state index contributed by atoms with van der Waals surface area (Å²) >= 11 is 3.46. The van der Waals surface area contributed by atoms with Gasteiger partial charge in [0.1, 0.15) is 12.4 Å². The number of nitrogens with one attached hydrogen (secondary N) is 1. The number of benzene rings is 1. The topological polar surface area (TPSA) is 47.6 Å². The number of hydrogen-bond donors (Lipinski definition) is 1. The molecule has 0 amide bonds. The molecule has 0 aliphatic heterocycles. The van der Waals surface area contributed by atoms with Crippen LogP contribution in [0.4, 0.5) is 0 Å². The molecule has 1 aromatic rings. The SMILES string of the molecule is CCNCc1cc(Br)ccc1OCC(C)(C)C(=O)OC. The normalized spacial score (nSPS) is 11.2. The molecule has 1 N–H and O–H groups in total. The predicted molar refractivity (Wildman–Crippen MR) is 82.8 cm³/mol. The van der Waals surface area contributed by atoms with Gasteiger partial charge in [-0.25, -0.2) is 0 Å². The largest absolute Gasteiger partial charge is 0.492 e. The fraction of sp³-hybridized carbons (Fsp3) is 0.533. The highest BCUT2D eigenvalue weighted by molar-refractivity contribution is 9.10. The van der Waals surface area contributed by atoms with Gasteiger partial charge in [0, 0.05) is 16.6 Å². The molecule has 0 fully saturated rings. The number of rotatable bonds is 7. The summed E-state index contributed by atoms with van der Waals surface area (Å²) in [5.41, 5.74) is 0.388. The Balaban J connectivity index is 2.79. The minimum atomic E-state index is -0.669. The van der Waals surface area contributed by atoms with Crippen molar-refractivity contribution in [3.05, 3.63) is 28.2 Å². The quantitative estimate of drug-likeness (QED) is 0.772. The highest BCUT2D eigenvalue weighted by Crippen LogP contribution is 2.26. The Bertz CT molecular complexity index is 460. The van der Waals surface area contributed by atoms with E-state index in [4.69, 9.17) is 9.47 Å². The fourth-order valence-electron chi connectivity index (χ4n) is 1.68. The molecule has 0 saturated carbocycles. The van der Waals surface area contributed by atoms with Crippen LogP contribution in [-0.2, 0) is 16.1 Å². The highest BCUT2D eigenvalue weighted by Gasteiger charge is 2.30. The van der Waals surface area contributed by atoms with Gasteiger partial charge in [-0.05, 0) is 38.6 Å². The molecule has 4 nitrogen and oxygen atoms in total. The van der Waals surface area contributed by atoms with Crippen LogP contribution in [0.3, 0.4) is 0 Å². The van der Waals surface area contributed by atoms with Crippen LogP contribution in [0.15, 0.2) is 22.7 Å². The van der Waals surface area contributed by atoms with Crippen LogP contribution in [0.5, 0.6) is 5.75 Å². The number of carbonyl (C=O) groups excluding carboxylic acids is 1. The first-order valence-corrected chi connectivity index (χ1v) is 7.40. The van der Waals surface area contributed by atoms with Gasteiger partial charge in [-0.3, -0.25) is 4.79 Å². The van der Waals surface area contributed by atoms with Crippen molar-refractivity contribution in [1.82, 2.24) is 5.32 Å². The van der Waals surface area contributed by atoms with E-state index in [1.807, 2.05) is 32.0 Å². The van der Waals surface area contributed by atoms with Gasteiger partial charge in [0.05, 0.1) is 12.5 Å². The fourth-order valence-corrected chi connectivity index (χ4v) is 2.09. The van der Waals surface area contributed by atoms with E-state index >= 15 is 0 Å². The van der Waals surface area contributed by atoms with E-state index in [9.17, 15) is 4.79 Å². The molecule has 20 heavy (non-hydrogen) atoms. The summed E-state index contributed by atoms with van der Waals surface area (Å²) in [5.74, 6) is 0.508. The lowest BCUT2D eigenvalue weighted by atomic mass is 9.95. The lowest BCUT2D eigenvalue weighted by Gasteiger charge is -2.22. The summed E-state index contributed by atoms with van der Waals surface area (Å²) in [6.45, 7) is 7.56.